The average molecular weight is 337 g/mol. The van der Waals surface area contributed by atoms with Crippen LogP contribution < -0.4 is 10.1 Å². The van der Waals surface area contributed by atoms with E-state index in [4.69, 9.17) is 9.47 Å². The molecule has 2 aromatic carbocycles. The number of fused-ring (bicyclic) bond motifs is 1. The Balaban J connectivity index is 1.36. The Labute approximate surface area is 148 Å². The molecule has 1 N–H and O–H groups in total. The van der Waals surface area contributed by atoms with Crippen LogP contribution in [0.1, 0.15) is 28.8 Å². The van der Waals surface area contributed by atoms with E-state index in [2.05, 4.69) is 17.4 Å². The van der Waals surface area contributed by atoms with Crippen LogP contribution in [0.25, 0.3) is 0 Å². The lowest BCUT2D eigenvalue weighted by atomic mass is 9.76. The van der Waals surface area contributed by atoms with Crippen LogP contribution >= 0.6 is 0 Å². The molecule has 4 heteroatoms. The fourth-order valence-corrected chi connectivity index (χ4v) is 3.71. The average Bonchev–Trinajstić information content (AvgIpc) is 3.02. The molecule has 2 fully saturated rings. The van der Waals surface area contributed by atoms with E-state index in [1.807, 2.05) is 42.5 Å². The third-order valence-electron chi connectivity index (χ3n) is 5.20. The van der Waals surface area contributed by atoms with Gasteiger partial charge in [0.2, 0.25) is 0 Å². The minimum atomic E-state index is -0.0503. The maximum atomic E-state index is 12.7. The van der Waals surface area contributed by atoms with Gasteiger partial charge in [-0.1, -0.05) is 42.5 Å². The van der Waals surface area contributed by atoms with Gasteiger partial charge in [0.05, 0.1) is 18.3 Å². The van der Waals surface area contributed by atoms with E-state index in [1.54, 1.807) is 0 Å². The smallest absolute Gasteiger partial charge is 0.255 e. The Kier molecular flexibility index (Phi) is 4.70. The van der Waals surface area contributed by atoms with E-state index < -0.39 is 0 Å². The molecule has 1 saturated heterocycles. The first kappa shape index (κ1) is 16.2. The van der Waals surface area contributed by atoms with Crippen molar-refractivity contribution in [2.75, 3.05) is 13.2 Å². The number of hydrogen-bond donors (Lipinski definition) is 1. The molecule has 3 atom stereocenters. The molecule has 1 aliphatic carbocycles. The van der Waals surface area contributed by atoms with Gasteiger partial charge in [0.1, 0.15) is 5.75 Å². The number of rotatable bonds is 6. The van der Waals surface area contributed by atoms with Crippen LogP contribution in [-0.4, -0.2) is 31.3 Å². The molecular weight excluding hydrogens is 314 g/mol. The molecule has 1 heterocycles. The molecule has 0 spiro atoms. The molecule has 2 aromatic rings. The Bertz CT molecular complexity index is 731. The van der Waals surface area contributed by atoms with Gasteiger partial charge >= 0.3 is 0 Å². The number of para-hydroxylation sites is 1. The van der Waals surface area contributed by atoms with Gasteiger partial charge in [-0.3, -0.25) is 4.79 Å². The predicted molar refractivity (Wildman–Crippen MR) is 95.8 cm³/mol. The van der Waals surface area contributed by atoms with Gasteiger partial charge in [-0.05, 0) is 30.5 Å². The number of nitrogens with one attached hydrogen (secondary N) is 1. The summed E-state index contributed by atoms with van der Waals surface area (Å²) in [6, 6.07) is 17.9. The maximum absolute atomic E-state index is 12.7. The summed E-state index contributed by atoms with van der Waals surface area (Å²) in [5, 5.41) is 3.15. The number of ether oxygens (including phenoxy) is 2. The molecule has 0 aromatic heterocycles. The third-order valence-corrected chi connectivity index (χ3v) is 5.20. The van der Waals surface area contributed by atoms with Crippen molar-refractivity contribution in [2.24, 2.45) is 5.92 Å². The largest absolute Gasteiger partial charge is 0.492 e. The predicted octanol–water partition coefficient (Wildman–Crippen LogP) is 3.22. The van der Waals surface area contributed by atoms with Crippen LogP contribution in [0, 0.1) is 5.92 Å². The molecule has 130 valence electrons. The summed E-state index contributed by atoms with van der Waals surface area (Å²) in [5.41, 5.74) is 1.84. The monoisotopic (exact) mass is 337 g/mol. The van der Waals surface area contributed by atoms with Crippen molar-refractivity contribution in [1.82, 2.24) is 5.32 Å². The van der Waals surface area contributed by atoms with Crippen molar-refractivity contribution < 1.29 is 14.3 Å². The highest BCUT2D eigenvalue weighted by Gasteiger charge is 2.45. The van der Waals surface area contributed by atoms with E-state index in [1.165, 1.54) is 5.56 Å². The van der Waals surface area contributed by atoms with Crippen molar-refractivity contribution in [3.8, 4) is 5.75 Å². The van der Waals surface area contributed by atoms with Gasteiger partial charge in [-0.15, -0.1) is 0 Å². The standard InChI is InChI=1S/C21H23NO3/c23-21(22-18-14-20-16(18)11-13-25-20)17-8-4-5-9-19(17)24-12-10-15-6-2-1-3-7-15/h1-9,16,18,20H,10-14H2,(H,22,23)/t16-,18+,20+/m1/s1. The number of carbonyl (C=O) groups is 1. The van der Waals surface area contributed by atoms with Crippen LogP contribution in [-0.2, 0) is 11.2 Å². The fourth-order valence-electron chi connectivity index (χ4n) is 3.71. The summed E-state index contributed by atoms with van der Waals surface area (Å²) < 4.78 is 11.5. The molecular formula is C21H23NO3. The number of carbonyl (C=O) groups excluding carboxylic acids is 1. The zero-order valence-corrected chi connectivity index (χ0v) is 14.2. The summed E-state index contributed by atoms with van der Waals surface area (Å²) in [4.78, 5) is 12.7. The van der Waals surface area contributed by atoms with E-state index in [9.17, 15) is 4.79 Å². The molecule has 1 saturated carbocycles. The lowest BCUT2D eigenvalue weighted by Gasteiger charge is -2.39. The maximum Gasteiger partial charge on any atom is 0.255 e. The molecule has 4 rings (SSSR count). The normalized spacial score (nSPS) is 24.2. The molecule has 0 unspecified atom stereocenters. The lowest BCUT2D eigenvalue weighted by molar-refractivity contribution is 0.00806. The van der Waals surface area contributed by atoms with Gasteiger partial charge < -0.3 is 14.8 Å². The SMILES string of the molecule is O=C(N[C@H]1C[C@@H]2OCC[C@H]12)c1ccccc1OCCc1ccccc1. The van der Waals surface area contributed by atoms with Crippen molar-refractivity contribution in [1.29, 1.82) is 0 Å². The Morgan fingerprint density at radius 2 is 1.92 bits per heavy atom. The zero-order chi connectivity index (χ0) is 17.1. The van der Waals surface area contributed by atoms with Gasteiger partial charge in [-0.2, -0.15) is 0 Å². The van der Waals surface area contributed by atoms with Crippen molar-refractivity contribution in [3.05, 3.63) is 65.7 Å². The topological polar surface area (TPSA) is 47.6 Å². The number of hydrogen-bond acceptors (Lipinski definition) is 3. The Hall–Kier alpha value is -2.33. The summed E-state index contributed by atoms with van der Waals surface area (Å²) >= 11 is 0. The minimum Gasteiger partial charge on any atom is -0.492 e. The molecule has 1 amide bonds. The molecule has 25 heavy (non-hydrogen) atoms. The van der Waals surface area contributed by atoms with Crippen molar-refractivity contribution in [3.63, 3.8) is 0 Å². The van der Waals surface area contributed by atoms with Gasteiger partial charge in [0.25, 0.3) is 5.91 Å². The highest BCUT2D eigenvalue weighted by molar-refractivity contribution is 5.97. The van der Waals surface area contributed by atoms with E-state index in [0.717, 1.165) is 25.9 Å². The molecule has 0 bridgehead atoms. The first-order valence-corrected chi connectivity index (χ1v) is 8.99. The Morgan fingerprint density at radius 1 is 1.12 bits per heavy atom. The van der Waals surface area contributed by atoms with Crippen LogP contribution in [0.2, 0.25) is 0 Å². The van der Waals surface area contributed by atoms with Gasteiger partial charge in [0.15, 0.2) is 0 Å². The van der Waals surface area contributed by atoms with Crippen LogP contribution in [0.5, 0.6) is 5.75 Å². The number of benzene rings is 2. The second kappa shape index (κ2) is 7.28. The van der Waals surface area contributed by atoms with E-state index in [0.29, 0.717) is 29.9 Å². The zero-order valence-electron chi connectivity index (χ0n) is 14.2. The van der Waals surface area contributed by atoms with Crippen molar-refractivity contribution >= 4 is 5.91 Å². The summed E-state index contributed by atoms with van der Waals surface area (Å²) in [7, 11) is 0. The van der Waals surface area contributed by atoms with E-state index >= 15 is 0 Å². The minimum absolute atomic E-state index is 0.0503. The number of amides is 1. The fraction of sp³-hybridized carbons (Fsp3) is 0.381. The highest BCUT2D eigenvalue weighted by atomic mass is 16.5. The molecule has 2 aliphatic rings. The van der Waals surface area contributed by atoms with Crippen LogP contribution in [0.4, 0.5) is 0 Å². The first-order valence-electron chi connectivity index (χ1n) is 8.99. The molecule has 4 nitrogen and oxygen atoms in total. The van der Waals surface area contributed by atoms with Crippen LogP contribution in [0.3, 0.4) is 0 Å². The second-order valence-corrected chi connectivity index (χ2v) is 6.76. The van der Waals surface area contributed by atoms with Gasteiger partial charge in [-0.25, -0.2) is 0 Å². The van der Waals surface area contributed by atoms with E-state index in [-0.39, 0.29) is 11.9 Å². The first-order chi connectivity index (χ1) is 12.3. The second-order valence-electron chi connectivity index (χ2n) is 6.76. The molecule has 1 aliphatic heterocycles. The third kappa shape index (κ3) is 3.54. The summed E-state index contributed by atoms with van der Waals surface area (Å²) in [5.74, 6) is 1.08. The lowest BCUT2D eigenvalue weighted by Crippen LogP contribution is -2.53. The Morgan fingerprint density at radius 3 is 2.76 bits per heavy atom. The summed E-state index contributed by atoms with van der Waals surface area (Å²) in [6.07, 6.45) is 3.14. The molecule has 0 radical (unpaired) electrons. The van der Waals surface area contributed by atoms with Crippen LogP contribution in [0.15, 0.2) is 54.6 Å². The summed E-state index contributed by atoms with van der Waals surface area (Å²) in [6.45, 7) is 1.37. The van der Waals surface area contributed by atoms with Crippen molar-refractivity contribution in [2.45, 2.75) is 31.4 Å². The quantitative estimate of drug-likeness (QED) is 0.880. The highest BCUT2D eigenvalue weighted by Crippen LogP contribution is 2.38. The van der Waals surface area contributed by atoms with Gasteiger partial charge in [0, 0.05) is 25.0 Å².